The number of aromatic amines is 1. The van der Waals surface area contributed by atoms with Crippen molar-refractivity contribution in [3.05, 3.63) is 29.0 Å². The van der Waals surface area contributed by atoms with Crippen molar-refractivity contribution in [2.24, 2.45) is 0 Å². The number of anilines is 1. The number of aromatic nitrogens is 2. The molecule has 0 unspecified atom stereocenters. The lowest BCUT2D eigenvalue weighted by molar-refractivity contribution is 0.387. The summed E-state index contributed by atoms with van der Waals surface area (Å²) in [6.07, 6.45) is 0. The molecule has 1 aromatic carbocycles. The molecule has 2 rings (SSSR count). The molecule has 0 atom stereocenters. The number of methoxy groups -OCH3 is 1. The lowest BCUT2D eigenvalue weighted by atomic mass is 10.1. The number of H-pyrrole nitrogens is 1. The van der Waals surface area contributed by atoms with E-state index >= 15 is 0 Å². The largest absolute Gasteiger partial charge is 0.494 e. The van der Waals surface area contributed by atoms with Crippen LogP contribution in [-0.4, -0.2) is 17.3 Å². The van der Waals surface area contributed by atoms with E-state index in [9.17, 15) is 4.39 Å². The van der Waals surface area contributed by atoms with Crippen molar-refractivity contribution < 1.29 is 9.13 Å². The number of nitrogens with two attached hydrogens (primary N) is 1. The number of hydrogen-bond donors (Lipinski definition) is 2. The third kappa shape index (κ3) is 1.81. The zero-order valence-corrected chi connectivity index (χ0v) is 9.18. The van der Waals surface area contributed by atoms with Gasteiger partial charge in [0.1, 0.15) is 5.82 Å². The first kappa shape index (κ1) is 10.8. The SMILES string of the molecule is COc1cc(Cl)cc(-c2cc(N)n[nH]2)c1F. The molecule has 0 aliphatic carbocycles. The van der Waals surface area contributed by atoms with Gasteiger partial charge in [0.2, 0.25) is 0 Å². The zero-order chi connectivity index (χ0) is 11.7. The quantitative estimate of drug-likeness (QED) is 0.849. The van der Waals surface area contributed by atoms with Crippen molar-refractivity contribution in [3.63, 3.8) is 0 Å². The van der Waals surface area contributed by atoms with E-state index in [1.54, 1.807) is 0 Å². The van der Waals surface area contributed by atoms with Gasteiger partial charge < -0.3 is 10.5 Å². The molecule has 1 aromatic heterocycles. The van der Waals surface area contributed by atoms with Crippen LogP contribution in [0.25, 0.3) is 11.3 Å². The van der Waals surface area contributed by atoms with Crippen molar-refractivity contribution >= 4 is 17.4 Å². The van der Waals surface area contributed by atoms with Crippen LogP contribution in [0, 0.1) is 5.82 Å². The van der Waals surface area contributed by atoms with Crippen LogP contribution in [0.15, 0.2) is 18.2 Å². The standard InChI is InChI=1S/C10H9ClFN3O/c1-16-8-3-5(11)2-6(10(8)12)7-4-9(13)15-14-7/h2-4H,1H3,(H3,13,14,15). The third-order valence-electron chi connectivity index (χ3n) is 2.11. The van der Waals surface area contributed by atoms with Gasteiger partial charge in [0.15, 0.2) is 11.6 Å². The molecule has 0 amide bonds. The van der Waals surface area contributed by atoms with Crippen LogP contribution in [-0.2, 0) is 0 Å². The summed E-state index contributed by atoms with van der Waals surface area (Å²) in [4.78, 5) is 0. The Bertz CT molecular complexity index is 527. The Labute approximate surface area is 96.2 Å². The highest BCUT2D eigenvalue weighted by molar-refractivity contribution is 6.31. The van der Waals surface area contributed by atoms with Crippen LogP contribution < -0.4 is 10.5 Å². The minimum absolute atomic E-state index is 0.0793. The van der Waals surface area contributed by atoms with E-state index in [2.05, 4.69) is 10.2 Å². The summed E-state index contributed by atoms with van der Waals surface area (Å²) in [5.74, 6) is -0.139. The van der Waals surface area contributed by atoms with Crippen molar-refractivity contribution in [1.29, 1.82) is 0 Å². The first-order valence-electron chi connectivity index (χ1n) is 4.46. The Kier molecular flexibility index (Phi) is 2.70. The van der Waals surface area contributed by atoms with Crippen molar-refractivity contribution in [2.45, 2.75) is 0 Å². The molecule has 0 spiro atoms. The topological polar surface area (TPSA) is 63.9 Å². The van der Waals surface area contributed by atoms with Crippen LogP contribution in [0.2, 0.25) is 5.02 Å². The maximum Gasteiger partial charge on any atom is 0.174 e. The maximum absolute atomic E-state index is 13.9. The molecule has 0 radical (unpaired) electrons. The average Bonchev–Trinajstić information content (AvgIpc) is 2.67. The maximum atomic E-state index is 13.9. The summed E-state index contributed by atoms with van der Waals surface area (Å²) in [6.45, 7) is 0. The number of halogens is 2. The Morgan fingerprint density at radius 1 is 1.44 bits per heavy atom. The molecule has 0 bridgehead atoms. The summed E-state index contributed by atoms with van der Waals surface area (Å²) in [6, 6.07) is 4.40. The van der Waals surface area contributed by atoms with E-state index in [1.807, 2.05) is 0 Å². The molecule has 3 N–H and O–H groups in total. The lowest BCUT2D eigenvalue weighted by Crippen LogP contribution is -1.92. The normalized spacial score (nSPS) is 10.4. The van der Waals surface area contributed by atoms with Crippen LogP contribution >= 0.6 is 11.6 Å². The molecule has 6 heteroatoms. The predicted molar refractivity (Wildman–Crippen MR) is 60.0 cm³/mol. The second-order valence-corrected chi connectivity index (χ2v) is 3.61. The summed E-state index contributed by atoms with van der Waals surface area (Å²) >= 11 is 5.85. The van der Waals surface area contributed by atoms with Crippen molar-refractivity contribution in [2.75, 3.05) is 12.8 Å². The summed E-state index contributed by atoms with van der Waals surface area (Å²) < 4.78 is 18.7. The molecule has 0 aliphatic rings. The van der Waals surface area contributed by atoms with E-state index in [0.29, 0.717) is 10.7 Å². The minimum Gasteiger partial charge on any atom is -0.494 e. The smallest absolute Gasteiger partial charge is 0.174 e. The van der Waals surface area contributed by atoms with Gasteiger partial charge in [0.25, 0.3) is 0 Å². The number of hydrogen-bond acceptors (Lipinski definition) is 3. The van der Waals surface area contributed by atoms with Gasteiger partial charge in [-0.2, -0.15) is 5.10 Å². The van der Waals surface area contributed by atoms with Crippen LogP contribution in [0.5, 0.6) is 5.75 Å². The van der Waals surface area contributed by atoms with Crippen molar-refractivity contribution in [3.8, 4) is 17.0 Å². The zero-order valence-electron chi connectivity index (χ0n) is 8.42. The van der Waals surface area contributed by atoms with Crippen LogP contribution in [0.3, 0.4) is 0 Å². The molecule has 4 nitrogen and oxygen atoms in total. The molecule has 2 aromatic rings. The van der Waals surface area contributed by atoms with Crippen LogP contribution in [0.1, 0.15) is 0 Å². The number of nitrogens with zero attached hydrogens (tertiary/aromatic N) is 1. The first-order valence-corrected chi connectivity index (χ1v) is 4.84. The van der Waals surface area contributed by atoms with Gasteiger partial charge in [-0.3, -0.25) is 5.10 Å². The highest BCUT2D eigenvalue weighted by Gasteiger charge is 2.14. The summed E-state index contributed by atoms with van der Waals surface area (Å²) in [7, 11) is 1.37. The van der Waals surface area contributed by atoms with E-state index in [-0.39, 0.29) is 17.1 Å². The van der Waals surface area contributed by atoms with Gasteiger partial charge in [-0.15, -0.1) is 0 Å². The fraction of sp³-hybridized carbons (Fsp3) is 0.100. The summed E-state index contributed by atoms with van der Waals surface area (Å²) in [5, 5.41) is 6.71. The fourth-order valence-corrected chi connectivity index (χ4v) is 1.59. The number of nitrogen functional groups attached to an aromatic ring is 1. The molecule has 84 valence electrons. The number of benzene rings is 1. The van der Waals surface area contributed by atoms with Gasteiger partial charge in [-0.05, 0) is 6.07 Å². The van der Waals surface area contributed by atoms with Gasteiger partial charge >= 0.3 is 0 Å². The van der Waals surface area contributed by atoms with E-state index in [0.717, 1.165) is 0 Å². The molecule has 1 heterocycles. The predicted octanol–water partition coefficient (Wildman–Crippen LogP) is 2.46. The Morgan fingerprint density at radius 2 is 2.19 bits per heavy atom. The molecule has 0 aliphatic heterocycles. The van der Waals surface area contributed by atoms with Gasteiger partial charge in [0.05, 0.1) is 12.8 Å². The highest BCUT2D eigenvalue weighted by atomic mass is 35.5. The molecule has 0 saturated carbocycles. The lowest BCUT2D eigenvalue weighted by Gasteiger charge is -2.06. The van der Waals surface area contributed by atoms with Gasteiger partial charge in [0, 0.05) is 22.7 Å². The Hall–Kier alpha value is -1.75. The molecule has 0 fully saturated rings. The monoisotopic (exact) mass is 241 g/mol. The highest BCUT2D eigenvalue weighted by Crippen LogP contribution is 2.32. The molecule has 0 saturated heterocycles. The second kappa shape index (κ2) is 4.02. The van der Waals surface area contributed by atoms with E-state index in [1.165, 1.54) is 25.3 Å². The van der Waals surface area contributed by atoms with Gasteiger partial charge in [-0.25, -0.2) is 4.39 Å². The Morgan fingerprint density at radius 3 is 2.75 bits per heavy atom. The van der Waals surface area contributed by atoms with E-state index in [4.69, 9.17) is 22.1 Å². The first-order chi connectivity index (χ1) is 7.61. The van der Waals surface area contributed by atoms with Crippen LogP contribution in [0.4, 0.5) is 10.2 Å². The second-order valence-electron chi connectivity index (χ2n) is 3.18. The molecule has 16 heavy (non-hydrogen) atoms. The number of rotatable bonds is 2. The summed E-state index contributed by atoms with van der Waals surface area (Å²) in [5.41, 5.74) is 6.17. The average molecular weight is 242 g/mol. The van der Waals surface area contributed by atoms with Gasteiger partial charge in [-0.1, -0.05) is 11.6 Å². The number of ether oxygens (including phenoxy) is 1. The molecular weight excluding hydrogens is 233 g/mol. The van der Waals surface area contributed by atoms with Crippen molar-refractivity contribution in [1.82, 2.24) is 10.2 Å². The third-order valence-corrected chi connectivity index (χ3v) is 2.33. The Balaban J connectivity index is 2.60. The number of nitrogens with one attached hydrogen (secondary N) is 1. The minimum atomic E-state index is -0.504. The fourth-order valence-electron chi connectivity index (χ4n) is 1.38. The molecular formula is C10H9ClFN3O. The van der Waals surface area contributed by atoms with E-state index < -0.39 is 5.82 Å².